The molecule has 4 nitrogen and oxygen atoms in total. The lowest BCUT2D eigenvalue weighted by atomic mass is 10.2. The highest BCUT2D eigenvalue weighted by molar-refractivity contribution is 9.10. The first-order chi connectivity index (χ1) is 8.65. The van der Waals surface area contributed by atoms with Gasteiger partial charge in [0.1, 0.15) is 5.01 Å². The second-order valence-corrected chi connectivity index (χ2v) is 6.19. The molecule has 3 aromatic rings. The van der Waals surface area contributed by atoms with E-state index >= 15 is 0 Å². The average Bonchev–Trinajstić information content (AvgIpc) is 2.88. The lowest BCUT2D eigenvalue weighted by Gasteiger charge is -1.98. The molecule has 0 unspecified atom stereocenters. The summed E-state index contributed by atoms with van der Waals surface area (Å²) in [6.07, 6.45) is 0. The lowest BCUT2D eigenvalue weighted by molar-refractivity contribution is 0.727. The van der Waals surface area contributed by atoms with Crippen LogP contribution >= 0.6 is 27.3 Å². The van der Waals surface area contributed by atoms with Crippen LogP contribution in [0.1, 0.15) is 25.6 Å². The number of hydrogen-bond acceptors (Lipinski definition) is 4. The van der Waals surface area contributed by atoms with Gasteiger partial charge in [-0.25, -0.2) is 0 Å². The molecule has 2 heterocycles. The summed E-state index contributed by atoms with van der Waals surface area (Å²) in [4.78, 5) is 0.844. The van der Waals surface area contributed by atoms with Crippen molar-refractivity contribution in [3.63, 3.8) is 0 Å². The maximum atomic E-state index is 4.59. The third-order valence-electron chi connectivity index (χ3n) is 2.62. The summed E-state index contributed by atoms with van der Waals surface area (Å²) in [7, 11) is 0. The lowest BCUT2D eigenvalue weighted by Crippen LogP contribution is -1.97. The van der Waals surface area contributed by atoms with Gasteiger partial charge in [-0.2, -0.15) is 9.61 Å². The summed E-state index contributed by atoms with van der Waals surface area (Å²) in [5.41, 5.74) is 1.10. The summed E-state index contributed by atoms with van der Waals surface area (Å²) in [6, 6.07) is 8.12. The van der Waals surface area contributed by atoms with Gasteiger partial charge in [0.2, 0.25) is 4.96 Å². The van der Waals surface area contributed by atoms with E-state index in [0.29, 0.717) is 5.92 Å². The molecular weight excluding hydrogens is 312 g/mol. The first kappa shape index (κ1) is 11.8. The molecule has 0 bridgehead atoms. The molecule has 1 aromatic carbocycles. The molecule has 0 aliphatic heterocycles. The molecule has 92 valence electrons. The molecule has 0 aliphatic carbocycles. The number of rotatable bonds is 2. The van der Waals surface area contributed by atoms with Crippen LogP contribution in [-0.2, 0) is 0 Å². The smallest absolute Gasteiger partial charge is 0.187 e. The first-order valence-electron chi connectivity index (χ1n) is 5.63. The number of fused-ring (bicyclic) bond motifs is 1. The van der Waals surface area contributed by atoms with Crippen molar-refractivity contribution in [2.45, 2.75) is 19.8 Å². The minimum absolute atomic E-state index is 0.319. The number of nitrogens with zero attached hydrogens (tertiary/aromatic N) is 4. The number of hydrogen-bond donors (Lipinski definition) is 0. The standard InChI is InChI=1S/C12H11BrN4S/c1-7(2)10-14-15-12-17(10)16-11(18-12)8-3-5-9(13)6-4-8/h3-7H,1-2H3. The van der Waals surface area contributed by atoms with E-state index in [1.165, 1.54) is 0 Å². The normalized spacial score (nSPS) is 11.6. The second kappa shape index (κ2) is 4.44. The van der Waals surface area contributed by atoms with Crippen molar-refractivity contribution in [3.05, 3.63) is 34.6 Å². The molecule has 18 heavy (non-hydrogen) atoms. The fraction of sp³-hybridized carbons (Fsp3) is 0.250. The van der Waals surface area contributed by atoms with Gasteiger partial charge in [-0.1, -0.05) is 53.2 Å². The highest BCUT2D eigenvalue weighted by Gasteiger charge is 2.14. The predicted molar refractivity (Wildman–Crippen MR) is 75.9 cm³/mol. The summed E-state index contributed by atoms with van der Waals surface area (Å²) in [5, 5.41) is 13.9. The summed E-state index contributed by atoms with van der Waals surface area (Å²) in [6.45, 7) is 4.18. The SMILES string of the molecule is CC(C)c1nnc2sc(-c3ccc(Br)cc3)nn12. The molecule has 2 aromatic heterocycles. The molecule has 0 spiro atoms. The Morgan fingerprint density at radius 3 is 2.56 bits per heavy atom. The van der Waals surface area contributed by atoms with Crippen LogP contribution in [0, 0.1) is 0 Å². The number of halogens is 1. The molecular formula is C12H11BrN4S. The maximum absolute atomic E-state index is 4.59. The Balaban J connectivity index is 2.11. The van der Waals surface area contributed by atoms with E-state index in [1.807, 2.05) is 28.8 Å². The Hall–Kier alpha value is -1.27. The van der Waals surface area contributed by atoms with Crippen molar-refractivity contribution in [3.8, 4) is 10.6 Å². The molecule has 0 N–H and O–H groups in total. The van der Waals surface area contributed by atoms with Gasteiger partial charge in [0.05, 0.1) is 0 Å². The Kier molecular flexibility index (Phi) is 2.91. The Bertz CT molecular complexity index is 684. The van der Waals surface area contributed by atoms with Gasteiger partial charge in [0.25, 0.3) is 0 Å². The molecule has 0 atom stereocenters. The largest absolute Gasteiger partial charge is 0.234 e. The Labute approximate surface area is 117 Å². The molecule has 0 aliphatic rings. The fourth-order valence-electron chi connectivity index (χ4n) is 1.70. The van der Waals surface area contributed by atoms with Crippen LogP contribution in [0.4, 0.5) is 0 Å². The molecule has 0 saturated heterocycles. The van der Waals surface area contributed by atoms with E-state index in [-0.39, 0.29) is 0 Å². The monoisotopic (exact) mass is 322 g/mol. The second-order valence-electron chi connectivity index (χ2n) is 4.32. The zero-order chi connectivity index (χ0) is 12.7. The third-order valence-corrected chi connectivity index (χ3v) is 4.10. The van der Waals surface area contributed by atoms with Gasteiger partial charge in [-0.05, 0) is 12.1 Å². The minimum Gasteiger partial charge on any atom is -0.187 e. The van der Waals surface area contributed by atoms with Crippen LogP contribution in [0.3, 0.4) is 0 Å². The van der Waals surface area contributed by atoms with E-state index < -0.39 is 0 Å². The quantitative estimate of drug-likeness (QED) is 0.721. The average molecular weight is 323 g/mol. The molecule has 0 fully saturated rings. The summed E-state index contributed by atoms with van der Waals surface area (Å²) in [5.74, 6) is 1.23. The van der Waals surface area contributed by atoms with Gasteiger partial charge in [0.15, 0.2) is 5.82 Å². The molecule has 0 saturated carbocycles. The van der Waals surface area contributed by atoms with E-state index in [2.05, 4.69) is 45.1 Å². The third kappa shape index (κ3) is 1.95. The van der Waals surface area contributed by atoms with Crippen molar-refractivity contribution in [1.29, 1.82) is 0 Å². The van der Waals surface area contributed by atoms with Crippen LogP contribution < -0.4 is 0 Å². The van der Waals surface area contributed by atoms with Crippen LogP contribution in [0.5, 0.6) is 0 Å². The van der Waals surface area contributed by atoms with Crippen LogP contribution in [0.2, 0.25) is 0 Å². The fourth-order valence-corrected chi connectivity index (χ4v) is 2.82. The van der Waals surface area contributed by atoms with Crippen molar-refractivity contribution < 1.29 is 0 Å². The molecule has 0 amide bonds. The van der Waals surface area contributed by atoms with E-state index in [9.17, 15) is 0 Å². The topological polar surface area (TPSA) is 43.1 Å². The molecule has 0 radical (unpaired) electrons. The maximum Gasteiger partial charge on any atom is 0.234 e. The van der Waals surface area contributed by atoms with Crippen molar-refractivity contribution in [1.82, 2.24) is 19.8 Å². The van der Waals surface area contributed by atoms with E-state index in [4.69, 9.17) is 0 Å². The summed E-state index contributed by atoms with van der Waals surface area (Å²) >= 11 is 4.99. The van der Waals surface area contributed by atoms with Crippen molar-refractivity contribution in [2.75, 3.05) is 0 Å². The number of benzene rings is 1. The minimum atomic E-state index is 0.319. The zero-order valence-electron chi connectivity index (χ0n) is 9.96. The van der Waals surface area contributed by atoms with Gasteiger partial charge in [-0.3, -0.25) is 0 Å². The highest BCUT2D eigenvalue weighted by atomic mass is 79.9. The molecule has 6 heteroatoms. The van der Waals surface area contributed by atoms with Gasteiger partial charge < -0.3 is 0 Å². The van der Waals surface area contributed by atoms with Crippen LogP contribution in [0.15, 0.2) is 28.7 Å². The molecule has 3 rings (SSSR count). The van der Waals surface area contributed by atoms with E-state index in [1.54, 1.807) is 11.3 Å². The number of aromatic nitrogens is 4. The highest BCUT2D eigenvalue weighted by Crippen LogP contribution is 2.27. The van der Waals surface area contributed by atoms with Crippen molar-refractivity contribution in [2.24, 2.45) is 0 Å². The Morgan fingerprint density at radius 1 is 1.17 bits per heavy atom. The first-order valence-corrected chi connectivity index (χ1v) is 7.24. The van der Waals surface area contributed by atoms with Crippen LogP contribution in [0.25, 0.3) is 15.5 Å². The van der Waals surface area contributed by atoms with Crippen LogP contribution in [-0.4, -0.2) is 19.8 Å². The zero-order valence-corrected chi connectivity index (χ0v) is 12.4. The summed E-state index contributed by atoms with van der Waals surface area (Å²) < 4.78 is 2.91. The van der Waals surface area contributed by atoms with Gasteiger partial charge in [-0.15, -0.1) is 10.2 Å². The predicted octanol–water partition coefficient (Wildman–Crippen LogP) is 3.74. The van der Waals surface area contributed by atoms with Gasteiger partial charge in [0, 0.05) is 16.0 Å². The van der Waals surface area contributed by atoms with E-state index in [0.717, 1.165) is 25.8 Å². The van der Waals surface area contributed by atoms with Crippen molar-refractivity contribution >= 4 is 32.2 Å². The Morgan fingerprint density at radius 2 is 1.89 bits per heavy atom. The van der Waals surface area contributed by atoms with Gasteiger partial charge >= 0.3 is 0 Å².